The van der Waals surface area contributed by atoms with Crippen LogP contribution >= 0.6 is 0 Å². The smallest absolute Gasteiger partial charge is 0.158 e. The summed E-state index contributed by atoms with van der Waals surface area (Å²) >= 11 is 0. The van der Waals surface area contributed by atoms with Crippen LogP contribution in [-0.2, 0) is 13.3 Å². The van der Waals surface area contributed by atoms with E-state index in [0.717, 1.165) is 19.6 Å². The van der Waals surface area contributed by atoms with Crippen LogP contribution in [0.2, 0.25) is 19.6 Å². The van der Waals surface area contributed by atoms with E-state index < -0.39 is 0 Å². The molecule has 0 N–H and O–H groups in total. The summed E-state index contributed by atoms with van der Waals surface area (Å²) in [5.41, 5.74) is 0. The zero-order valence-corrected chi connectivity index (χ0v) is 18.9. The molecule has 0 aliphatic heterocycles. The van der Waals surface area contributed by atoms with Crippen molar-refractivity contribution in [3.63, 3.8) is 0 Å². The van der Waals surface area contributed by atoms with Gasteiger partial charge in [-0.25, -0.2) is 0 Å². The Morgan fingerprint density at radius 3 is 1.81 bits per heavy atom. The Kier molecular flexibility index (Phi) is 19.0. The van der Waals surface area contributed by atoms with E-state index in [9.17, 15) is 0 Å². The van der Waals surface area contributed by atoms with Gasteiger partial charge < -0.3 is 13.3 Å². The molecule has 21 heavy (non-hydrogen) atoms. The van der Waals surface area contributed by atoms with Crippen LogP contribution in [0.15, 0.2) is 0 Å². The molecule has 0 rings (SSSR count). The van der Waals surface area contributed by atoms with Gasteiger partial charge in [-0.05, 0) is 19.3 Å². The Morgan fingerprint density at radius 2 is 1.19 bits per heavy atom. The van der Waals surface area contributed by atoms with E-state index in [2.05, 4.69) is 19.6 Å². The summed E-state index contributed by atoms with van der Waals surface area (Å²) in [4.78, 5) is 0. The average Bonchev–Trinajstić information content (AvgIpc) is 2.49. The van der Waals surface area contributed by atoms with E-state index >= 15 is 0 Å². The number of unbranched alkanes of at least 4 members (excludes halogenated alkanes) is 6. The Hall–Kier alpha value is 0.531. The fraction of sp³-hybridized carbons (Fsp3) is 1.00. The van der Waals surface area contributed by atoms with Crippen molar-refractivity contribution in [3.05, 3.63) is 0 Å². The van der Waals surface area contributed by atoms with Crippen molar-refractivity contribution < 1.29 is 13.3 Å². The van der Waals surface area contributed by atoms with Gasteiger partial charge in [-0.3, -0.25) is 0 Å². The summed E-state index contributed by atoms with van der Waals surface area (Å²) in [6, 6.07) is 0. The van der Waals surface area contributed by atoms with Crippen molar-refractivity contribution in [1.82, 2.24) is 0 Å². The van der Waals surface area contributed by atoms with E-state index in [1.54, 1.807) is 0 Å². The highest BCUT2D eigenvalue weighted by molar-refractivity contribution is 6.25. The maximum atomic E-state index is 5.93. The second-order valence-electron chi connectivity index (χ2n) is 5.52. The predicted molar refractivity (Wildman–Crippen MR) is 102 cm³/mol. The summed E-state index contributed by atoms with van der Waals surface area (Å²) in [6.45, 7) is 8.55. The maximum absolute atomic E-state index is 5.93. The van der Waals surface area contributed by atoms with Crippen LogP contribution in [-0.4, -0.2) is 48.6 Å². The molecule has 0 heterocycles. The van der Waals surface area contributed by atoms with Crippen LogP contribution in [0.5, 0.6) is 0 Å². The summed E-state index contributed by atoms with van der Waals surface area (Å²) in [7, 11) is -0.687. The minimum absolute atomic E-state index is 0.173. The first-order valence-electron chi connectivity index (χ1n) is 9.12. The third-order valence-corrected chi connectivity index (χ3v) is 5.91. The normalized spacial score (nSPS) is 14.4. The second kappa shape index (κ2) is 18.6. The minimum atomic E-state index is -0.279. The molecule has 1 atom stereocenters. The predicted octanol–water partition coefficient (Wildman–Crippen LogP) is 2.31. The van der Waals surface area contributed by atoms with Crippen molar-refractivity contribution in [2.45, 2.75) is 83.5 Å². The zero-order chi connectivity index (χ0) is 15.6. The van der Waals surface area contributed by atoms with Crippen LogP contribution in [0.1, 0.15) is 57.8 Å². The lowest BCUT2D eigenvalue weighted by Crippen LogP contribution is -2.17. The van der Waals surface area contributed by atoms with Crippen LogP contribution in [0.4, 0.5) is 0 Å². The van der Waals surface area contributed by atoms with E-state index in [4.69, 9.17) is 13.3 Å². The lowest BCUT2D eigenvalue weighted by atomic mass is 10.1. The highest BCUT2D eigenvalue weighted by atomic mass is 28.2. The average molecular weight is 351 g/mol. The van der Waals surface area contributed by atoms with E-state index in [1.165, 1.54) is 51.4 Å². The molecule has 0 aromatic carbocycles. The topological polar surface area (TPSA) is 27.7 Å². The molecule has 0 aliphatic carbocycles. The van der Waals surface area contributed by atoms with Gasteiger partial charge in [0.25, 0.3) is 0 Å². The van der Waals surface area contributed by atoms with Gasteiger partial charge in [-0.15, -0.1) is 0 Å². The van der Waals surface area contributed by atoms with E-state index in [0.29, 0.717) is 6.10 Å². The first-order chi connectivity index (χ1) is 10.3. The second-order valence-corrected chi connectivity index (χ2v) is 8.41. The SMILES string of the molecule is C[SiH2]OCCCCCCCCCC(CCO[SiH2]C)O[SiH2]C. The van der Waals surface area contributed by atoms with Crippen molar-refractivity contribution in [1.29, 1.82) is 0 Å². The van der Waals surface area contributed by atoms with Gasteiger partial charge in [0, 0.05) is 19.3 Å². The van der Waals surface area contributed by atoms with Gasteiger partial charge in [0.05, 0.1) is 0 Å². The van der Waals surface area contributed by atoms with Crippen molar-refractivity contribution >= 4 is 29.3 Å². The van der Waals surface area contributed by atoms with Crippen molar-refractivity contribution in [3.8, 4) is 0 Å². The zero-order valence-electron chi connectivity index (χ0n) is 14.7. The van der Waals surface area contributed by atoms with Crippen molar-refractivity contribution in [2.24, 2.45) is 0 Å². The molecule has 0 spiro atoms. The van der Waals surface area contributed by atoms with Gasteiger partial charge >= 0.3 is 0 Å². The Bertz CT molecular complexity index is 197. The van der Waals surface area contributed by atoms with Gasteiger partial charge in [-0.2, -0.15) is 0 Å². The molecule has 0 amide bonds. The molecule has 0 aromatic heterocycles. The standard InChI is InChI=1S/C15H38O3Si3/c1-19-16-13-10-8-6-4-5-7-9-11-15(18-21-3)12-14-17-20-2/h15H,4-14,19-21H2,1-3H3. The van der Waals surface area contributed by atoms with Crippen LogP contribution in [0.25, 0.3) is 0 Å². The molecular formula is C15H38O3Si3. The molecule has 0 fully saturated rings. The molecule has 0 bridgehead atoms. The fourth-order valence-electron chi connectivity index (χ4n) is 2.51. The molecular weight excluding hydrogens is 312 g/mol. The Labute approximate surface area is 139 Å². The summed E-state index contributed by atoms with van der Waals surface area (Å²) < 4.78 is 17.0. The first kappa shape index (κ1) is 21.5. The molecule has 3 nitrogen and oxygen atoms in total. The lowest BCUT2D eigenvalue weighted by molar-refractivity contribution is 0.159. The molecule has 0 aliphatic rings. The summed E-state index contributed by atoms with van der Waals surface area (Å²) in [5.74, 6) is 0. The molecule has 1 unspecified atom stereocenters. The number of hydrogen-bond donors (Lipinski definition) is 0. The molecule has 128 valence electrons. The third kappa shape index (κ3) is 16.7. The maximum Gasteiger partial charge on any atom is 0.158 e. The third-order valence-electron chi connectivity index (χ3n) is 3.71. The van der Waals surface area contributed by atoms with Crippen LogP contribution < -0.4 is 0 Å². The van der Waals surface area contributed by atoms with E-state index in [1.807, 2.05) is 0 Å². The molecule has 6 heteroatoms. The van der Waals surface area contributed by atoms with Crippen LogP contribution in [0.3, 0.4) is 0 Å². The summed E-state index contributed by atoms with van der Waals surface area (Å²) in [6.07, 6.45) is 12.3. The minimum Gasteiger partial charge on any atom is -0.424 e. The van der Waals surface area contributed by atoms with Gasteiger partial charge in [0.1, 0.15) is 0 Å². The molecule has 0 saturated heterocycles. The van der Waals surface area contributed by atoms with Crippen LogP contribution in [0, 0.1) is 0 Å². The Balaban J connectivity index is 3.32. The largest absolute Gasteiger partial charge is 0.424 e. The Morgan fingerprint density at radius 1 is 0.619 bits per heavy atom. The number of rotatable bonds is 17. The van der Waals surface area contributed by atoms with E-state index in [-0.39, 0.29) is 29.3 Å². The van der Waals surface area contributed by atoms with Gasteiger partial charge in [0.2, 0.25) is 0 Å². The first-order valence-corrected chi connectivity index (χ1v) is 15.1. The highest BCUT2D eigenvalue weighted by Crippen LogP contribution is 2.13. The highest BCUT2D eigenvalue weighted by Gasteiger charge is 2.07. The number of hydrogen-bond acceptors (Lipinski definition) is 3. The fourth-order valence-corrected chi connectivity index (χ4v) is 4.26. The van der Waals surface area contributed by atoms with Crippen molar-refractivity contribution in [2.75, 3.05) is 13.2 Å². The summed E-state index contributed by atoms with van der Waals surface area (Å²) in [5, 5.41) is 0. The molecule has 0 aromatic rings. The van der Waals surface area contributed by atoms with Gasteiger partial charge in [0.15, 0.2) is 29.3 Å². The van der Waals surface area contributed by atoms with Gasteiger partial charge in [-0.1, -0.05) is 58.2 Å². The molecule has 0 radical (unpaired) electrons. The quantitative estimate of drug-likeness (QED) is 0.298. The lowest BCUT2D eigenvalue weighted by Gasteiger charge is -2.17. The monoisotopic (exact) mass is 350 g/mol. The molecule has 0 saturated carbocycles.